The number of rotatable bonds is 9. The molecule has 0 saturated heterocycles. The number of ether oxygens (including phenoxy) is 1. The molecule has 7 heteroatoms. The van der Waals surface area contributed by atoms with Gasteiger partial charge >= 0.3 is 0 Å². The van der Waals surface area contributed by atoms with Crippen molar-refractivity contribution in [1.29, 1.82) is 0 Å². The maximum absolute atomic E-state index is 13.1. The second-order valence-corrected chi connectivity index (χ2v) is 8.94. The number of hydrogen-bond donors (Lipinski definition) is 2. The van der Waals surface area contributed by atoms with Gasteiger partial charge in [0.1, 0.15) is 5.75 Å². The number of fused-ring (bicyclic) bond motifs is 1. The maximum Gasteiger partial charge on any atom is 0.251 e. The number of amides is 1. The van der Waals surface area contributed by atoms with Crippen LogP contribution >= 0.6 is 11.8 Å². The molecule has 0 aliphatic carbocycles. The fourth-order valence-corrected chi connectivity index (χ4v) is 4.63. The lowest BCUT2D eigenvalue weighted by Crippen LogP contribution is -2.34. The van der Waals surface area contributed by atoms with Gasteiger partial charge in [0, 0.05) is 17.9 Å². The van der Waals surface area contributed by atoms with Gasteiger partial charge in [0.2, 0.25) is 0 Å². The average Bonchev–Trinajstić information content (AvgIpc) is 3.26. The van der Waals surface area contributed by atoms with Crippen LogP contribution in [0.5, 0.6) is 5.75 Å². The van der Waals surface area contributed by atoms with E-state index in [0.717, 1.165) is 33.1 Å². The molecule has 170 valence electrons. The van der Waals surface area contributed by atoms with Crippen LogP contribution in [-0.4, -0.2) is 48.5 Å². The lowest BCUT2D eigenvalue weighted by Gasteiger charge is -2.25. The number of carbonyl (C=O) groups excluding carboxylic acids is 1. The largest absolute Gasteiger partial charge is 0.497 e. The molecule has 0 aliphatic rings. The monoisotopic (exact) mass is 460 g/mol. The second-order valence-electron chi connectivity index (χ2n) is 7.97. The standard InChI is InChI=1S/C26H28N4O2S/c1-30(2)24(18-10-8-11-20(15-18)32-3)16-27-25(31)21-12-5-4-9-19(21)17-33-26-28-22-13-6-7-14-23(22)29-26/h4-15,24H,16-17H2,1-3H3,(H,27,31)(H,28,29). The highest BCUT2D eigenvalue weighted by Crippen LogP contribution is 2.25. The Morgan fingerprint density at radius 2 is 1.88 bits per heavy atom. The molecule has 4 rings (SSSR count). The molecule has 1 amide bonds. The normalized spacial score (nSPS) is 12.1. The third kappa shape index (κ3) is 5.56. The molecule has 2 N–H and O–H groups in total. The van der Waals surface area contributed by atoms with E-state index in [1.807, 2.05) is 80.8 Å². The summed E-state index contributed by atoms with van der Waals surface area (Å²) in [4.78, 5) is 23.2. The van der Waals surface area contributed by atoms with E-state index in [9.17, 15) is 4.79 Å². The van der Waals surface area contributed by atoms with E-state index in [-0.39, 0.29) is 11.9 Å². The highest BCUT2D eigenvalue weighted by Gasteiger charge is 2.18. The minimum atomic E-state index is -0.0782. The number of nitrogens with zero attached hydrogens (tertiary/aromatic N) is 2. The SMILES string of the molecule is COc1cccc(C(CNC(=O)c2ccccc2CSc2nc3ccccc3[nH]2)N(C)C)c1. The number of carbonyl (C=O) groups is 1. The van der Waals surface area contributed by atoms with Gasteiger partial charge in [-0.1, -0.05) is 54.2 Å². The van der Waals surface area contributed by atoms with Gasteiger partial charge in [-0.3, -0.25) is 4.79 Å². The van der Waals surface area contributed by atoms with Crippen molar-refractivity contribution in [2.75, 3.05) is 27.7 Å². The highest BCUT2D eigenvalue weighted by atomic mass is 32.2. The quantitative estimate of drug-likeness (QED) is 0.348. The Hall–Kier alpha value is -3.29. The van der Waals surface area contributed by atoms with Crippen molar-refractivity contribution in [1.82, 2.24) is 20.2 Å². The van der Waals surface area contributed by atoms with Gasteiger partial charge in [-0.05, 0) is 55.6 Å². The van der Waals surface area contributed by atoms with Crippen LogP contribution in [0.3, 0.4) is 0 Å². The smallest absolute Gasteiger partial charge is 0.251 e. The third-order valence-electron chi connectivity index (χ3n) is 5.55. The van der Waals surface area contributed by atoms with E-state index in [1.165, 1.54) is 0 Å². The molecule has 3 aromatic carbocycles. The van der Waals surface area contributed by atoms with Gasteiger partial charge in [-0.2, -0.15) is 0 Å². The Bertz CT molecular complexity index is 1200. The number of thioether (sulfide) groups is 1. The third-order valence-corrected chi connectivity index (χ3v) is 6.47. The molecule has 1 atom stereocenters. The van der Waals surface area contributed by atoms with Gasteiger partial charge in [0.05, 0.1) is 24.2 Å². The molecule has 6 nitrogen and oxygen atoms in total. The number of aromatic nitrogens is 2. The number of H-pyrrole nitrogens is 1. The number of imidazole rings is 1. The Balaban J connectivity index is 1.44. The zero-order valence-corrected chi connectivity index (χ0v) is 19.9. The van der Waals surface area contributed by atoms with E-state index in [4.69, 9.17) is 4.74 Å². The summed E-state index contributed by atoms with van der Waals surface area (Å²) >= 11 is 1.59. The van der Waals surface area contributed by atoms with E-state index in [2.05, 4.69) is 26.3 Å². The maximum atomic E-state index is 13.1. The molecular weight excluding hydrogens is 432 g/mol. The minimum absolute atomic E-state index is 0.0288. The van der Waals surface area contributed by atoms with Crippen LogP contribution in [0.15, 0.2) is 78.0 Å². The predicted octanol–water partition coefficient (Wildman–Crippen LogP) is 4.90. The first-order chi connectivity index (χ1) is 16.0. The van der Waals surface area contributed by atoms with E-state index in [0.29, 0.717) is 17.9 Å². The van der Waals surface area contributed by atoms with Crippen molar-refractivity contribution in [3.63, 3.8) is 0 Å². The van der Waals surface area contributed by atoms with Crippen molar-refractivity contribution >= 4 is 28.7 Å². The van der Waals surface area contributed by atoms with Crippen molar-refractivity contribution in [3.05, 3.63) is 89.5 Å². The van der Waals surface area contributed by atoms with Crippen molar-refractivity contribution in [2.24, 2.45) is 0 Å². The summed E-state index contributed by atoms with van der Waals surface area (Å²) in [5.41, 5.74) is 4.71. The fraction of sp³-hybridized carbons (Fsp3) is 0.231. The molecule has 33 heavy (non-hydrogen) atoms. The van der Waals surface area contributed by atoms with Crippen molar-refractivity contribution in [3.8, 4) is 5.75 Å². The molecular formula is C26H28N4O2S. The van der Waals surface area contributed by atoms with Gasteiger partial charge < -0.3 is 19.9 Å². The lowest BCUT2D eigenvalue weighted by atomic mass is 10.0. The van der Waals surface area contributed by atoms with E-state index < -0.39 is 0 Å². The van der Waals surface area contributed by atoms with Crippen LogP contribution in [0.4, 0.5) is 0 Å². The van der Waals surface area contributed by atoms with Crippen LogP contribution < -0.4 is 10.1 Å². The first-order valence-electron chi connectivity index (χ1n) is 10.8. The van der Waals surface area contributed by atoms with Crippen LogP contribution in [-0.2, 0) is 5.75 Å². The zero-order valence-electron chi connectivity index (χ0n) is 19.0. The summed E-state index contributed by atoms with van der Waals surface area (Å²) in [5.74, 6) is 1.38. The van der Waals surface area contributed by atoms with Gasteiger partial charge in [-0.15, -0.1) is 0 Å². The van der Waals surface area contributed by atoms with Crippen LogP contribution in [0.1, 0.15) is 27.5 Å². The molecule has 0 saturated carbocycles. The van der Waals surface area contributed by atoms with Crippen LogP contribution in [0.25, 0.3) is 11.0 Å². The molecule has 1 heterocycles. The molecule has 4 aromatic rings. The summed E-state index contributed by atoms with van der Waals surface area (Å²) in [6.07, 6.45) is 0. The molecule has 0 spiro atoms. The average molecular weight is 461 g/mol. The highest BCUT2D eigenvalue weighted by molar-refractivity contribution is 7.98. The van der Waals surface area contributed by atoms with Gasteiger partial charge in [-0.25, -0.2) is 4.98 Å². The summed E-state index contributed by atoms with van der Waals surface area (Å²) in [7, 11) is 5.67. The molecule has 0 radical (unpaired) electrons. The fourth-order valence-electron chi connectivity index (χ4n) is 3.74. The predicted molar refractivity (Wildman–Crippen MR) is 134 cm³/mol. The first-order valence-corrected chi connectivity index (χ1v) is 11.8. The number of para-hydroxylation sites is 2. The van der Waals surface area contributed by atoms with Gasteiger partial charge in [0.25, 0.3) is 5.91 Å². The number of likely N-dealkylation sites (N-methyl/N-ethyl adjacent to an activating group) is 1. The summed E-state index contributed by atoms with van der Waals surface area (Å²) in [5, 5.41) is 3.97. The van der Waals surface area contributed by atoms with Crippen LogP contribution in [0.2, 0.25) is 0 Å². The molecule has 0 bridgehead atoms. The Morgan fingerprint density at radius 3 is 2.67 bits per heavy atom. The Kier molecular flexibility index (Phi) is 7.32. The summed E-state index contributed by atoms with van der Waals surface area (Å²) < 4.78 is 5.36. The Labute approximate surface area is 198 Å². The number of aromatic amines is 1. The first kappa shape index (κ1) is 22.9. The topological polar surface area (TPSA) is 70.2 Å². The van der Waals surface area contributed by atoms with E-state index >= 15 is 0 Å². The van der Waals surface area contributed by atoms with Gasteiger partial charge in [0.15, 0.2) is 5.16 Å². The number of benzene rings is 3. The summed E-state index contributed by atoms with van der Waals surface area (Å²) in [6, 6.07) is 23.7. The number of methoxy groups -OCH3 is 1. The number of hydrogen-bond acceptors (Lipinski definition) is 5. The molecule has 1 aromatic heterocycles. The molecule has 0 aliphatic heterocycles. The van der Waals surface area contributed by atoms with Crippen molar-refractivity contribution in [2.45, 2.75) is 17.0 Å². The molecule has 0 fully saturated rings. The summed E-state index contributed by atoms with van der Waals surface area (Å²) in [6.45, 7) is 0.490. The zero-order chi connectivity index (χ0) is 23.2. The van der Waals surface area contributed by atoms with E-state index in [1.54, 1.807) is 18.9 Å². The number of nitrogens with one attached hydrogen (secondary N) is 2. The van der Waals surface area contributed by atoms with Crippen LogP contribution in [0, 0.1) is 0 Å². The molecule has 1 unspecified atom stereocenters. The second kappa shape index (κ2) is 10.6. The van der Waals surface area contributed by atoms with Crippen molar-refractivity contribution < 1.29 is 9.53 Å². The Morgan fingerprint density at radius 1 is 1.09 bits per heavy atom. The minimum Gasteiger partial charge on any atom is -0.497 e. The lowest BCUT2D eigenvalue weighted by molar-refractivity contribution is 0.0941.